The fourth-order valence-electron chi connectivity index (χ4n) is 4.63. The lowest BCUT2D eigenvalue weighted by Gasteiger charge is -2.24. The lowest BCUT2D eigenvalue weighted by atomic mass is 10.0. The van der Waals surface area contributed by atoms with Gasteiger partial charge in [0, 0.05) is 54.2 Å². The predicted molar refractivity (Wildman–Crippen MR) is 133 cm³/mol. The van der Waals surface area contributed by atoms with Crippen LogP contribution >= 0.6 is 23.2 Å². The van der Waals surface area contributed by atoms with Gasteiger partial charge in [0.2, 0.25) is 5.91 Å². The number of hydrogen-bond donors (Lipinski definition) is 1. The number of rotatable bonds is 4. The van der Waals surface area contributed by atoms with Crippen molar-refractivity contribution in [2.75, 3.05) is 13.6 Å². The Labute approximate surface area is 203 Å². The van der Waals surface area contributed by atoms with Gasteiger partial charge in [-0.3, -0.25) is 9.59 Å². The minimum atomic E-state index is -0.482. The number of carbonyl (C=O) groups is 2. The van der Waals surface area contributed by atoms with Crippen LogP contribution in [0.25, 0.3) is 10.9 Å². The number of aromatic nitrogens is 1. The van der Waals surface area contributed by atoms with Gasteiger partial charge in [-0.15, -0.1) is 6.42 Å². The van der Waals surface area contributed by atoms with Crippen molar-refractivity contribution in [1.82, 2.24) is 14.8 Å². The van der Waals surface area contributed by atoms with Gasteiger partial charge in [0.15, 0.2) is 0 Å². The van der Waals surface area contributed by atoms with E-state index in [1.54, 1.807) is 24.1 Å². The summed E-state index contributed by atoms with van der Waals surface area (Å²) in [5.74, 6) is 2.28. The van der Waals surface area contributed by atoms with Crippen LogP contribution in [0.5, 0.6) is 0 Å². The first kappa shape index (κ1) is 23.2. The summed E-state index contributed by atoms with van der Waals surface area (Å²) in [6.45, 7) is 2.55. The van der Waals surface area contributed by atoms with Crippen LogP contribution < -0.4 is 5.32 Å². The van der Waals surface area contributed by atoms with E-state index in [4.69, 9.17) is 29.6 Å². The third kappa shape index (κ3) is 4.10. The summed E-state index contributed by atoms with van der Waals surface area (Å²) < 4.78 is 2.08. The van der Waals surface area contributed by atoms with Crippen LogP contribution in [-0.2, 0) is 18.3 Å². The predicted octanol–water partition coefficient (Wildman–Crippen LogP) is 4.72. The second-order valence-corrected chi connectivity index (χ2v) is 9.19. The molecule has 33 heavy (non-hydrogen) atoms. The first-order valence-electron chi connectivity index (χ1n) is 10.8. The number of likely N-dealkylation sites (N-methyl/N-ethyl adjacent to an activating group) is 1. The van der Waals surface area contributed by atoms with E-state index in [0.717, 1.165) is 34.1 Å². The largest absolute Gasteiger partial charge is 0.357 e. The van der Waals surface area contributed by atoms with E-state index in [0.29, 0.717) is 40.6 Å². The average Bonchev–Trinajstić information content (AvgIpc) is 3.41. The van der Waals surface area contributed by atoms with E-state index >= 15 is 0 Å². The van der Waals surface area contributed by atoms with E-state index in [9.17, 15) is 9.59 Å². The summed E-state index contributed by atoms with van der Waals surface area (Å²) in [6.07, 6.45) is 7.47. The fraction of sp³-hybridized carbons (Fsp3) is 0.308. The van der Waals surface area contributed by atoms with Crippen molar-refractivity contribution >= 4 is 45.9 Å². The van der Waals surface area contributed by atoms with Crippen LogP contribution in [0.4, 0.5) is 0 Å². The Morgan fingerprint density at radius 2 is 2.00 bits per heavy atom. The average molecular weight is 482 g/mol. The Bertz CT molecular complexity index is 1320. The molecule has 0 saturated carbocycles. The molecule has 3 aromatic rings. The van der Waals surface area contributed by atoms with Crippen LogP contribution in [0, 0.1) is 19.3 Å². The number of amides is 2. The smallest absolute Gasteiger partial charge is 0.256 e. The molecule has 170 valence electrons. The molecule has 0 spiro atoms. The van der Waals surface area contributed by atoms with Gasteiger partial charge in [-0.1, -0.05) is 29.1 Å². The van der Waals surface area contributed by atoms with Crippen molar-refractivity contribution in [3.8, 4) is 12.3 Å². The molecule has 1 aliphatic heterocycles. The summed E-state index contributed by atoms with van der Waals surface area (Å²) in [5, 5.41) is 4.56. The molecule has 5 nitrogen and oxygen atoms in total. The molecule has 4 rings (SSSR count). The molecule has 7 heteroatoms. The van der Waals surface area contributed by atoms with E-state index in [1.165, 1.54) is 0 Å². The molecule has 1 saturated heterocycles. The van der Waals surface area contributed by atoms with E-state index < -0.39 is 6.04 Å². The number of aryl methyl sites for hydroxylation is 2. The van der Waals surface area contributed by atoms with Crippen molar-refractivity contribution in [3.63, 3.8) is 0 Å². The number of fused-ring (bicyclic) bond motifs is 1. The standard InChI is InChI=1S/C26H25Cl2N3O2/c1-5-16-11-15(2)19-13-17(30(4)23(19)12-16)14-20-21(27)9-8-18(24(20)28)26(33)31-10-6-7-22(31)25(32)29-3/h1,8-9,11-13,22H,6-7,10,14H2,2-4H3,(H,29,32)/t22-/m0/s1. The molecule has 2 amide bonds. The first-order chi connectivity index (χ1) is 15.8. The SMILES string of the molecule is C#Cc1cc(C)c2cc(Cc3c(Cl)ccc(C(=O)N4CCC[C@H]4C(=O)NC)c3Cl)n(C)c2c1. The van der Waals surface area contributed by atoms with Gasteiger partial charge in [0.25, 0.3) is 5.91 Å². The van der Waals surface area contributed by atoms with Crippen molar-refractivity contribution in [1.29, 1.82) is 0 Å². The monoisotopic (exact) mass is 481 g/mol. The third-order valence-electron chi connectivity index (χ3n) is 6.47. The summed E-state index contributed by atoms with van der Waals surface area (Å²) in [5.41, 5.74) is 4.99. The number of carbonyl (C=O) groups excluding carboxylic acids is 2. The molecule has 0 unspecified atom stereocenters. The zero-order chi connectivity index (χ0) is 23.9. The molecule has 0 aliphatic carbocycles. The molecule has 1 aliphatic rings. The number of hydrogen-bond acceptors (Lipinski definition) is 2. The van der Waals surface area contributed by atoms with Gasteiger partial charge in [-0.05, 0) is 61.2 Å². The highest BCUT2D eigenvalue weighted by atomic mass is 35.5. The van der Waals surface area contributed by atoms with Crippen LogP contribution in [-0.4, -0.2) is 40.9 Å². The van der Waals surface area contributed by atoms with Crippen LogP contribution in [0.1, 0.15) is 45.6 Å². The summed E-state index contributed by atoms with van der Waals surface area (Å²) in [7, 11) is 3.56. The minimum absolute atomic E-state index is 0.164. The molecule has 1 atom stereocenters. The Morgan fingerprint density at radius 1 is 1.24 bits per heavy atom. The van der Waals surface area contributed by atoms with Crippen molar-refractivity contribution in [3.05, 3.63) is 68.3 Å². The van der Waals surface area contributed by atoms with Crippen LogP contribution in [0.2, 0.25) is 10.0 Å². The number of nitrogens with one attached hydrogen (secondary N) is 1. The number of likely N-dealkylation sites (tertiary alicyclic amines) is 1. The van der Waals surface area contributed by atoms with Crippen LogP contribution in [0.15, 0.2) is 30.3 Å². The molecular formula is C26H25Cl2N3O2. The van der Waals surface area contributed by atoms with Crippen molar-refractivity contribution < 1.29 is 9.59 Å². The molecule has 0 bridgehead atoms. The molecule has 2 heterocycles. The maximum Gasteiger partial charge on any atom is 0.256 e. The minimum Gasteiger partial charge on any atom is -0.357 e. The van der Waals surface area contributed by atoms with Crippen LogP contribution in [0.3, 0.4) is 0 Å². The van der Waals surface area contributed by atoms with Gasteiger partial charge in [0.1, 0.15) is 6.04 Å². The number of benzene rings is 2. The second-order valence-electron chi connectivity index (χ2n) is 8.40. The van der Waals surface area contributed by atoms with Gasteiger partial charge in [-0.2, -0.15) is 0 Å². The molecule has 0 radical (unpaired) electrons. The van der Waals surface area contributed by atoms with Crippen molar-refractivity contribution in [2.45, 2.75) is 32.2 Å². The zero-order valence-electron chi connectivity index (χ0n) is 18.8. The molecule has 2 aromatic carbocycles. The van der Waals surface area contributed by atoms with E-state index in [2.05, 4.69) is 21.9 Å². The number of nitrogens with zero attached hydrogens (tertiary/aromatic N) is 2. The molecule has 1 N–H and O–H groups in total. The Hall–Kier alpha value is -2.94. The summed E-state index contributed by atoms with van der Waals surface area (Å²) >= 11 is 13.3. The summed E-state index contributed by atoms with van der Waals surface area (Å²) in [4.78, 5) is 27.2. The Balaban J connectivity index is 1.72. The zero-order valence-corrected chi connectivity index (χ0v) is 20.3. The third-order valence-corrected chi connectivity index (χ3v) is 7.26. The summed E-state index contributed by atoms with van der Waals surface area (Å²) in [6, 6.07) is 8.94. The Kier molecular flexibility index (Phi) is 6.43. The van der Waals surface area contributed by atoms with Gasteiger partial charge in [-0.25, -0.2) is 0 Å². The highest BCUT2D eigenvalue weighted by Crippen LogP contribution is 2.34. The fourth-order valence-corrected chi connectivity index (χ4v) is 5.21. The lowest BCUT2D eigenvalue weighted by Crippen LogP contribution is -2.45. The Morgan fingerprint density at radius 3 is 2.70 bits per heavy atom. The van der Waals surface area contributed by atoms with Gasteiger partial charge < -0.3 is 14.8 Å². The first-order valence-corrected chi connectivity index (χ1v) is 11.6. The quantitative estimate of drug-likeness (QED) is 0.548. The highest BCUT2D eigenvalue weighted by molar-refractivity contribution is 6.38. The van der Waals surface area contributed by atoms with Crippen molar-refractivity contribution in [2.24, 2.45) is 7.05 Å². The highest BCUT2D eigenvalue weighted by Gasteiger charge is 2.35. The van der Waals surface area contributed by atoms with E-state index in [1.807, 2.05) is 26.1 Å². The maximum atomic E-state index is 13.3. The van der Waals surface area contributed by atoms with Gasteiger partial charge >= 0.3 is 0 Å². The normalized spacial score (nSPS) is 15.6. The molecule has 1 aromatic heterocycles. The maximum absolute atomic E-state index is 13.3. The van der Waals surface area contributed by atoms with Gasteiger partial charge in [0.05, 0.1) is 10.6 Å². The molecule has 1 fully saturated rings. The topological polar surface area (TPSA) is 54.3 Å². The number of terminal acetylenes is 1. The second kappa shape index (κ2) is 9.13. The lowest BCUT2D eigenvalue weighted by molar-refractivity contribution is -0.124. The number of halogens is 2. The molecular weight excluding hydrogens is 457 g/mol. The van der Waals surface area contributed by atoms with E-state index in [-0.39, 0.29) is 11.8 Å².